The molecule has 0 amide bonds. The molecule has 0 atom stereocenters. The van der Waals surface area contributed by atoms with E-state index >= 15 is 0 Å². The first kappa shape index (κ1) is 19.9. The van der Waals surface area contributed by atoms with E-state index in [1.807, 2.05) is 72.8 Å². The van der Waals surface area contributed by atoms with E-state index in [4.69, 9.17) is 9.97 Å². The van der Waals surface area contributed by atoms with Gasteiger partial charge < -0.3 is 9.97 Å². The molecule has 2 aliphatic rings. The van der Waals surface area contributed by atoms with Crippen molar-refractivity contribution in [3.05, 3.63) is 111 Å². The van der Waals surface area contributed by atoms with E-state index < -0.39 is 0 Å². The average molecular weight is 445 g/mol. The number of fused-ring (bicyclic) bond motifs is 8. The summed E-state index contributed by atoms with van der Waals surface area (Å²) in [6, 6.07) is 21.2. The molecule has 0 saturated carbocycles. The Labute approximate surface area is 194 Å². The number of hydrogen-bond donors (Lipinski definition) is 2. The predicted octanol–water partition coefficient (Wildman–Crippen LogP) is 6.29. The molecule has 2 N–H and O–H groups in total. The van der Waals surface area contributed by atoms with Crippen LogP contribution in [0.1, 0.15) is 33.9 Å². The van der Waals surface area contributed by atoms with Gasteiger partial charge in [0.2, 0.25) is 0 Å². The molecule has 0 saturated heterocycles. The third kappa shape index (κ3) is 3.69. The molecule has 6 rings (SSSR count). The highest BCUT2D eigenvalue weighted by atomic mass is 16.6. The Morgan fingerprint density at radius 2 is 1.35 bits per heavy atom. The van der Waals surface area contributed by atoms with Crippen molar-refractivity contribution in [1.82, 2.24) is 19.9 Å². The highest BCUT2D eigenvalue weighted by Crippen LogP contribution is 2.32. The Morgan fingerprint density at radius 3 is 2.03 bits per heavy atom. The molecule has 1 aromatic carbocycles. The largest absolute Gasteiger partial charge is 0.355 e. The van der Waals surface area contributed by atoms with Crippen molar-refractivity contribution in [1.29, 1.82) is 0 Å². The highest BCUT2D eigenvalue weighted by molar-refractivity contribution is 5.93. The number of aromatic amines is 2. The molecule has 8 bridgehead atoms. The molecule has 0 radical (unpaired) electrons. The highest BCUT2D eigenvalue weighted by Gasteiger charge is 2.18. The van der Waals surface area contributed by atoms with Gasteiger partial charge in [-0.2, -0.15) is 0 Å². The van der Waals surface area contributed by atoms with E-state index in [0.29, 0.717) is 11.3 Å². The second kappa shape index (κ2) is 7.67. The van der Waals surface area contributed by atoms with Gasteiger partial charge in [0, 0.05) is 39.3 Å². The Hall–Kier alpha value is -4.78. The van der Waals surface area contributed by atoms with Gasteiger partial charge in [-0.3, -0.25) is 10.1 Å². The molecule has 164 valence electrons. The lowest BCUT2D eigenvalue weighted by atomic mass is 10.0. The monoisotopic (exact) mass is 445 g/mol. The Morgan fingerprint density at radius 1 is 0.735 bits per heavy atom. The minimum absolute atomic E-state index is 0.0894. The van der Waals surface area contributed by atoms with Crippen molar-refractivity contribution in [2.75, 3.05) is 0 Å². The number of H-pyrrole nitrogens is 2. The molecule has 5 heterocycles. The molecule has 0 unspecified atom stereocenters. The van der Waals surface area contributed by atoms with Gasteiger partial charge in [0.1, 0.15) is 0 Å². The van der Waals surface area contributed by atoms with Gasteiger partial charge >= 0.3 is 0 Å². The van der Waals surface area contributed by atoms with E-state index in [0.717, 1.165) is 50.3 Å². The summed E-state index contributed by atoms with van der Waals surface area (Å²) in [7, 11) is 0. The van der Waals surface area contributed by atoms with Crippen LogP contribution in [0, 0.1) is 17.0 Å². The first-order valence-electron chi connectivity index (χ1n) is 10.8. The third-order valence-corrected chi connectivity index (χ3v) is 5.88. The smallest absolute Gasteiger partial charge is 0.272 e. The number of hydrogen-bond acceptors (Lipinski definition) is 4. The lowest BCUT2D eigenvalue weighted by Gasteiger charge is -2.04. The zero-order valence-electron chi connectivity index (χ0n) is 18.2. The third-order valence-electron chi connectivity index (χ3n) is 5.88. The second-order valence-electron chi connectivity index (χ2n) is 8.35. The number of nitrogens with zero attached hydrogens (tertiary/aromatic N) is 3. The first-order valence-corrected chi connectivity index (χ1v) is 10.8. The lowest BCUT2D eigenvalue weighted by Crippen LogP contribution is -1.94. The van der Waals surface area contributed by atoms with Gasteiger partial charge in [-0.15, -0.1) is 0 Å². The average Bonchev–Trinajstić information content (AvgIpc) is 3.59. The van der Waals surface area contributed by atoms with Crippen molar-refractivity contribution >= 4 is 51.6 Å². The fourth-order valence-corrected chi connectivity index (χ4v) is 4.22. The normalized spacial score (nSPS) is 12.6. The molecule has 2 aliphatic heterocycles. The van der Waals surface area contributed by atoms with E-state index in [1.54, 1.807) is 19.1 Å². The van der Waals surface area contributed by atoms with E-state index in [9.17, 15) is 10.1 Å². The van der Waals surface area contributed by atoms with Gasteiger partial charge in [-0.25, -0.2) is 9.97 Å². The number of aromatic nitrogens is 4. The molecule has 0 fully saturated rings. The van der Waals surface area contributed by atoms with E-state index in [2.05, 4.69) is 9.97 Å². The summed E-state index contributed by atoms with van der Waals surface area (Å²) in [5.74, 6) is 0. The zero-order valence-corrected chi connectivity index (χ0v) is 18.2. The fraction of sp³-hybridized carbons (Fsp3) is 0.0370. The summed E-state index contributed by atoms with van der Waals surface area (Å²) in [4.78, 5) is 27.5. The molecule has 4 aromatic rings. The molecule has 7 heteroatoms. The van der Waals surface area contributed by atoms with Crippen molar-refractivity contribution in [3.8, 4) is 0 Å². The molecular weight excluding hydrogens is 426 g/mol. The van der Waals surface area contributed by atoms with Crippen LogP contribution in [0.5, 0.6) is 0 Å². The molecule has 0 aliphatic carbocycles. The number of rotatable bonds is 2. The van der Waals surface area contributed by atoms with Crippen LogP contribution in [-0.4, -0.2) is 24.9 Å². The second-order valence-corrected chi connectivity index (χ2v) is 8.35. The summed E-state index contributed by atoms with van der Waals surface area (Å²) >= 11 is 0. The quantitative estimate of drug-likeness (QED) is 0.242. The summed E-state index contributed by atoms with van der Waals surface area (Å²) in [5.41, 5.74) is 9.17. The van der Waals surface area contributed by atoms with Gasteiger partial charge in [0.15, 0.2) is 0 Å². The number of aryl methyl sites for hydroxylation is 1. The molecular formula is C27H19N5O2. The maximum Gasteiger partial charge on any atom is 0.272 e. The maximum absolute atomic E-state index is 11.5. The summed E-state index contributed by atoms with van der Waals surface area (Å²) in [6.45, 7) is 1.74. The number of nitro groups is 1. The van der Waals surface area contributed by atoms with Crippen LogP contribution in [0.15, 0.2) is 66.7 Å². The lowest BCUT2D eigenvalue weighted by molar-refractivity contribution is -0.385. The van der Waals surface area contributed by atoms with Crippen LogP contribution in [0.3, 0.4) is 0 Å². The van der Waals surface area contributed by atoms with Crippen LogP contribution in [0.2, 0.25) is 0 Å². The molecule has 3 aromatic heterocycles. The van der Waals surface area contributed by atoms with Crippen molar-refractivity contribution in [3.63, 3.8) is 0 Å². The van der Waals surface area contributed by atoms with Crippen molar-refractivity contribution in [2.24, 2.45) is 0 Å². The number of benzene rings is 1. The SMILES string of the molecule is Cc1ccc(C2=Cc3cc4ccc(cc5ccc(cc6nc(cc2n3)C=C6)[nH]5)[nH]4)cc1[N+](=O)[O-]. The summed E-state index contributed by atoms with van der Waals surface area (Å²) in [5, 5.41) is 11.5. The Kier molecular flexibility index (Phi) is 4.48. The predicted molar refractivity (Wildman–Crippen MR) is 135 cm³/mol. The zero-order chi connectivity index (χ0) is 23.2. The number of nitrogens with one attached hydrogen (secondary N) is 2. The summed E-state index contributed by atoms with van der Waals surface area (Å²) < 4.78 is 0. The molecule has 0 spiro atoms. The molecule has 34 heavy (non-hydrogen) atoms. The van der Waals surface area contributed by atoms with Gasteiger partial charge in [-0.1, -0.05) is 12.1 Å². The Balaban J connectivity index is 1.61. The van der Waals surface area contributed by atoms with Crippen LogP contribution >= 0.6 is 0 Å². The standard InChI is InChI=1S/C27H19N5O2/c1-16-2-3-17(10-27(16)32(33)34)25-14-24-13-22-7-6-20(29-22)11-18-4-5-19(28-18)12-21-8-9-23(30-21)15-26(25)31-24/h2-15,28-29H,1H3. The number of nitro benzene ring substituents is 1. The van der Waals surface area contributed by atoms with Gasteiger partial charge in [0.05, 0.1) is 27.7 Å². The van der Waals surface area contributed by atoms with E-state index in [1.165, 1.54) is 0 Å². The maximum atomic E-state index is 11.5. The van der Waals surface area contributed by atoms with Crippen molar-refractivity contribution in [2.45, 2.75) is 6.92 Å². The fourth-order valence-electron chi connectivity index (χ4n) is 4.22. The van der Waals surface area contributed by atoms with Crippen LogP contribution in [0.25, 0.3) is 45.9 Å². The van der Waals surface area contributed by atoms with Crippen molar-refractivity contribution < 1.29 is 4.92 Å². The van der Waals surface area contributed by atoms with Crippen LogP contribution < -0.4 is 0 Å². The first-order chi connectivity index (χ1) is 16.5. The van der Waals surface area contributed by atoms with E-state index in [-0.39, 0.29) is 10.6 Å². The topological polar surface area (TPSA) is 100 Å². The summed E-state index contributed by atoms with van der Waals surface area (Å²) in [6.07, 6.45) is 5.85. The van der Waals surface area contributed by atoms with Crippen LogP contribution in [0.4, 0.5) is 5.69 Å². The Bertz CT molecular complexity index is 1710. The van der Waals surface area contributed by atoms with Crippen LogP contribution in [-0.2, 0) is 0 Å². The molecule has 7 nitrogen and oxygen atoms in total. The minimum atomic E-state index is -0.350. The van der Waals surface area contributed by atoms with Gasteiger partial charge in [-0.05, 0) is 79.2 Å². The van der Waals surface area contributed by atoms with Gasteiger partial charge in [0.25, 0.3) is 5.69 Å². The minimum Gasteiger partial charge on any atom is -0.355 e.